The molecule has 96 valence electrons. The van der Waals surface area contributed by atoms with Crippen LogP contribution in [-0.2, 0) is 0 Å². The molecule has 1 heterocycles. The maximum Gasteiger partial charge on any atom is 0.335 e. The number of carboxylic acids is 1. The van der Waals surface area contributed by atoms with Gasteiger partial charge in [0.2, 0.25) is 0 Å². The maximum absolute atomic E-state index is 11.1. The molecule has 0 amide bonds. The summed E-state index contributed by atoms with van der Waals surface area (Å²) in [5.41, 5.74) is 1.77. The molecule has 2 aromatic rings. The molecule has 3 rings (SSSR count). The number of nitrogens with zero attached hydrogens (tertiary/aromatic N) is 2. The van der Waals surface area contributed by atoms with Gasteiger partial charge in [0.1, 0.15) is 5.75 Å². The predicted molar refractivity (Wildman–Crippen MR) is 68.1 cm³/mol. The molecule has 1 fully saturated rings. The van der Waals surface area contributed by atoms with E-state index in [-0.39, 0.29) is 11.7 Å². The highest BCUT2D eigenvalue weighted by Gasteiger charge is 2.25. The molecule has 1 N–H and O–H groups in total. The minimum atomic E-state index is -0.957. The standard InChI is InChI=1S/C14H12N2O3/c17-14(18)9-1-4-13(19-11-2-3-11)12(7-9)10-5-6-15-16-8-10/h1,4-8,11H,2-3H2,(H,17,18). The maximum atomic E-state index is 11.1. The molecular formula is C14H12N2O3. The molecule has 1 aromatic heterocycles. The molecule has 0 unspecified atom stereocenters. The van der Waals surface area contributed by atoms with Gasteiger partial charge >= 0.3 is 5.97 Å². The first-order chi connectivity index (χ1) is 9.24. The van der Waals surface area contributed by atoms with Crippen molar-refractivity contribution in [1.29, 1.82) is 0 Å². The van der Waals surface area contributed by atoms with Crippen LogP contribution < -0.4 is 4.74 Å². The van der Waals surface area contributed by atoms with Gasteiger partial charge < -0.3 is 9.84 Å². The number of hydrogen-bond donors (Lipinski definition) is 1. The van der Waals surface area contributed by atoms with Crippen LogP contribution in [-0.4, -0.2) is 27.4 Å². The highest BCUT2D eigenvalue weighted by molar-refractivity contribution is 5.90. The summed E-state index contributed by atoms with van der Waals surface area (Å²) in [6, 6.07) is 6.65. The van der Waals surface area contributed by atoms with E-state index < -0.39 is 5.97 Å². The highest BCUT2D eigenvalue weighted by atomic mass is 16.5. The number of carbonyl (C=O) groups is 1. The summed E-state index contributed by atoms with van der Waals surface area (Å²) in [4.78, 5) is 11.1. The fraction of sp³-hybridized carbons (Fsp3) is 0.214. The van der Waals surface area contributed by atoms with Gasteiger partial charge in [-0.05, 0) is 37.1 Å². The molecule has 19 heavy (non-hydrogen) atoms. The zero-order valence-corrected chi connectivity index (χ0v) is 10.1. The monoisotopic (exact) mass is 256 g/mol. The zero-order chi connectivity index (χ0) is 13.2. The average Bonchev–Trinajstić information content (AvgIpc) is 3.24. The minimum Gasteiger partial charge on any atom is -0.490 e. The summed E-state index contributed by atoms with van der Waals surface area (Å²) in [5.74, 6) is -0.262. The lowest BCUT2D eigenvalue weighted by Crippen LogP contribution is -2.01. The Hall–Kier alpha value is -2.43. The Morgan fingerprint density at radius 3 is 2.74 bits per heavy atom. The lowest BCUT2D eigenvalue weighted by Gasteiger charge is -2.11. The molecule has 1 saturated carbocycles. The number of rotatable bonds is 4. The number of carboxylic acid groups (broad SMARTS) is 1. The smallest absolute Gasteiger partial charge is 0.335 e. The Balaban J connectivity index is 2.06. The third-order valence-electron chi connectivity index (χ3n) is 2.94. The van der Waals surface area contributed by atoms with Crippen molar-refractivity contribution in [3.05, 3.63) is 42.2 Å². The van der Waals surface area contributed by atoms with Crippen LogP contribution in [0.1, 0.15) is 23.2 Å². The Morgan fingerprint density at radius 2 is 2.11 bits per heavy atom. The number of aromatic nitrogens is 2. The first-order valence-electron chi connectivity index (χ1n) is 6.05. The molecule has 1 aromatic carbocycles. The van der Waals surface area contributed by atoms with E-state index in [2.05, 4.69) is 10.2 Å². The molecule has 5 nitrogen and oxygen atoms in total. The summed E-state index contributed by atoms with van der Waals surface area (Å²) in [5, 5.41) is 16.6. The topological polar surface area (TPSA) is 72.3 Å². The van der Waals surface area contributed by atoms with Crippen LogP contribution in [0.3, 0.4) is 0 Å². The second-order valence-electron chi connectivity index (χ2n) is 4.46. The van der Waals surface area contributed by atoms with Gasteiger partial charge in [-0.25, -0.2) is 4.79 Å². The summed E-state index contributed by atoms with van der Waals surface area (Å²) < 4.78 is 5.80. The molecule has 1 aliphatic carbocycles. The fourth-order valence-electron chi connectivity index (χ4n) is 1.81. The van der Waals surface area contributed by atoms with E-state index in [4.69, 9.17) is 9.84 Å². The molecule has 0 spiro atoms. The minimum absolute atomic E-state index is 0.231. The van der Waals surface area contributed by atoms with Crippen LogP contribution in [0.2, 0.25) is 0 Å². The van der Waals surface area contributed by atoms with Gasteiger partial charge in [0, 0.05) is 11.1 Å². The number of hydrogen-bond acceptors (Lipinski definition) is 4. The third-order valence-corrected chi connectivity index (χ3v) is 2.94. The first-order valence-corrected chi connectivity index (χ1v) is 6.05. The fourth-order valence-corrected chi connectivity index (χ4v) is 1.81. The van der Waals surface area contributed by atoms with Gasteiger partial charge in [0.25, 0.3) is 0 Å². The van der Waals surface area contributed by atoms with E-state index in [0.717, 1.165) is 24.0 Å². The number of aromatic carboxylic acids is 1. The van der Waals surface area contributed by atoms with Crippen molar-refractivity contribution in [2.45, 2.75) is 18.9 Å². The van der Waals surface area contributed by atoms with E-state index in [1.807, 2.05) is 0 Å². The van der Waals surface area contributed by atoms with Crippen LogP contribution >= 0.6 is 0 Å². The second kappa shape index (κ2) is 4.68. The van der Waals surface area contributed by atoms with Crippen molar-refractivity contribution < 1.29 is 14.6 Å². The van der Waals surface area contributed by atoms with Gasteiger partial charge in [-0.3, -0.25) is 0 Å². The largest absolute Gasteiger partial charge is 0.490 e. The van der Waals surface area contributed by atoms with Gasteiger partial charge in [0.15, 0.2) is 0 Å². The Kier molecular flexibility index (Phi) is 2.87. The molecule has 0 atom stereocenters. The van der Waals surface area contributed by atoms with Crippen molar-refractivity contribution in [2.75, 3.05) is 0 Å². The average molecular weight is 256 g/mol. The Bertz CT molecular complexity index is 609. The van der Waals surface area contributed by atoms with Crippen LogP contribution in [0, 0.1) is 0 Å². The summed E-state index contributed by atoms with van der Waals surface area (Å²) in [7, 11) is 0. The Labute approximate surface area is 109 Å². The van der Waals surface area contributed by atoms with Crippen molar-refractivity contribution >= 4 is 5.97 Å². The highest BCUT2D eigenvalue weighted by Crippen LogP contribution is 2.35. The SMILES string of the molecule is O=C(O)c1ccc(OC2CC2)c(-c2ccnnc2)c1. The van der Waals surface area contributed by atoms with Crippen molar-refractivity contribution in [2.24, 2.45) is 0 Å². The van der Waals surface area contributed by atoms with Gasteiger partial charge in [-0.1, -0.05) is 0 Å². The quantitative estimate of drug-likeness (QED) is 0.909. The number of ether oxygens (including phenoxy) is 1. The van der Waals surface area contributed by atoms with Gasteiger partial charge in [-0.15, -0.1) is 0 Å². The van der Waals surface area contributed by atoms with Crippen LogP contribution in [0.4, 0.5) is 0 Å². The van der Waals surface area contributed by atoms with E-state index in [1.165, 1.54) is 0 Å². The zero-order valence-electron chi connectivity index (χ0n) is 10.1. The summed E-state index contributed by atoms with van der Waals surface area (Å²) in [6.45, 7) is 0. The van der Waals surface area contributed by atoms with Crippen molar-refractivity contribution in [3.63, 3.8) is 0 Å². The van der Waals surface area contributed by atoms with Crippen LogP contribution in [0.25, 0.3) is 11.1 Å². The van der Waals surface area contributed by atoms with Crippen molar-refractivity contribution in [3.8, 4) is 16.9 Å². The molecule has 0 radical (unpaired) electrons. The lowest BCUT2D eigenvalue weighted by molar-refractivity contribution is 0.0697. The Morgan fingerprint density at radius 1 is 1.26 bits per heavy atom. The summed E-state index contributed by atoms with van der Waals surface area (Å²) in [6.07, 6.45) is 5.53. The van der Waals surface area contributed by atoms with E-state index >= 15 is 0 Å². The molecular weight excluding hydrogens is 244 g/mol. The first kappa shape index (κ1) is 11.6. The summed E-state index contributed by atoms with van der Waals surface area (Å²) >= 11 is 0. The van der Waals surface area contributed by atoms with Crippen molar-refractivity contribution in [1.82, 2.24) is 10.2 Å². The van der Waals surface area contributed by atoms with Gasteiger partial charge in [0.05, 0.1) is 24.1 Å². The molecule has 5 heteroatoms. The van der Waals surface area contributed by atoms with E-state index in [9.17, 15) is 4.79 Å². The van der Waals surface area contributed by atoms with E-state index in [1.54, 1.807) is 36.7 Å². The third kappa shape index (κ3) is 2.54. The molecule has 1 aliphatic rings. The van der Waals surface area contributed by atoms with Crippen LogP contribution in [0.15, 0.2) is 36.7 Å². The molecule has 0 saturated heterocycles. The van der Waals surface area contributed by atoms with E-state index in [0.29, 0.717) is 5.75 Å². The van der Waals surface area contributed by atoms with Crippen LogP contribution in [0.5, 0.6) is 5.75 Å². The molecule has 0 aliphatic heterocycles. The normalized spacial score (nSPS) is 14.1. The second-order valence-corrected chi connectivity index (χ2v) is 4.46. The predicted octanol–water partition coefficient (Wildman–Crippen LogP) is 2.38. The van der Waals surface area contributed by atoms with Gasteiger partial charge in [-0.2, -0.15) is 10.2 Å². The number of benzene rings is 1. The molecule has 0 bridgehead atoms. The lowest BCUT2D eigenvalue weighted by atomic mass is 10.0.